The summed E-state index contributed by atoms with van der Waals surface area (Å²) in [6.07, 6.45) is 4.89. The van der Waals surface area contributed by atoms with Gasteiger partial charge in [0.25, 0.3) is 10.1 Å². The molecule has 0 saturated heterocycles. The second-order valence-corrected chi connectivity index (χ2v) is 9.28. The van der Waals surface area contributed by atoms with E-state index in [1.165, 1.54) is 6.33 Å². The molecule has 0 amide bonds. The lowest BCUT2D eigenvalue weighted by Crippen LogP contribution is -2.44. The lowest BCUT2D eigenvalue weighted by molar-refractivity contribution is 0.0573. The lowest BCUT2D eigenvalue weighted by atomic mass is 9.68. The highest BCUT2D eigenvalue weighted by Gasteiger charge is 2.45. The van der Waals surface area contributed by atoms with E-state index < -0.39 is 33.8 Å². The maximum Gasteiger partial charge on any atom is 0.265 e. The number of rotatable bonds is 6. The fourth-order valence-corrected chi connectivity index (χ4v) is 5.59. The van der Waals surface area contributed by atoms with E-state index in [9.17, 15) is 18.1 Å². The van der Waals surface area contributed by atoms with Crippen molar-refractivity contribution >= 4 is 15.8 Å². The molecule has 0 bridgehead atoms. The van der Waals surface area contributed by atoms with Crippen LogP contribution in [-0.2, 0) is 10.1 Å². The van der Waals surface area contributed by atoms with Crippen LogP contribution in [-0.4, -0.2) is 65.4 Å². The first-order valence-corrected chi connectivity index (χ1v) is 11.7. The minimum Gasteiger partial charge on any atom is -0.493 e. The molecule has 4 atom stereocenters. The average molecular weight is 448 g/mol. The molecule has 4 rings (SSSR count). The summed E-state index contributed by atoms with van der Waals surface area (Å²) in [6, 6.07) is 3.39. The third-order valence-corrected chi connectivity index (χ3v) is 6.72. The Labute approximate surface area is 180 Å². The van der Waals surface area contributed by atoms with E-state index in [0.29, 0.717) is 36.7 Å². The molecule has 2 heterocycles. The quantitative estimate of drug-likeness (QED) is 0.642. The Bertz CT molecular complexity index is 1090. The molecule has 0 spiro atoms. The summed E-state index contributed by atoms with van der Waals surface area (Å²) in [5.74, 6) is -0.596. The standard InChI is InChI=1S/C21H25N3O6S/c1-3-30-19-6-13-14(7-18(19)29-2)21(12-8-22-11-23-9-12)24-16-4-5-17(25)15(20(13)16)10-31(26,27)28/h6-9,11,15-17,20,25H,3-5,10H2,1-2H3,(H,26,27,28)/t15?,16-,17-,20+/m1/s1. The molecule has 1 aromatic carbocycles. The van der Waals surface area contributed by atoms with Gasteiger partial charge in [0.2, 0.25) is 0 Å². The van der Waals surface area contributed by atoms with Gasteiger partial charge < -0.3 is 14.6 Å². The molecule has 0 radical (unpaired) electrons. The summed E-state index contributed by atoms with van der Waals surface area (Å²) in [4.78, 5) is 13.1. The molecule has 9 nitrogen and oxygen atoms in total. The number of aromatic nitrogens is 2. The highest BCUT2D eigenvalue weighted by molar-refractivity contribution is 7.85. The molecule has 2 N–H and O–H groups in total. The van der Waals surface area contributed by atoms with Gasteiger partial charge in [-0.1, -0.05) is 0 Å². The van der Waals surface area contributed by atoms with Gasteiger partial charge in [0.1, 0.15) is 6.33 Å². The zero-order valence-corrected chi connectivity index (χ0v) is 18.1. The van der Waals surface area contributed by atoms with Crippen LogP contribution in [0, 0.1) is 5.92 Å². The number of benzene rings is 1. The Morgan fingerprint density at radius 3 is 2.55 bits per heavy atom. The normalized spacial score (nSPS) is 25.2. The molecule has 2 aromatic rings. The molecule has 1 aliphatic heterocycles. The molecule has 2 aliphatic rings. The Balaban J connectivity index is 1.92. The molecule has 10 heteroatoms. The highest BCUT2D eigenvalue weighted by Crippen LogP contribution is 2.47. The van der Waals surface area contributed by atoms with Crippen molar-refractivity contribution in [2.75, 3.05) is 19.5 Å². The first-order chi connectivity index (χ1) is 14.8. The number of fused-ring (bicyclic) bond motifs is 3. The SMILES string of the molecule is CCOc1cc2c(cc1OC)C(c1cncnc1)=N[C@@H]1CC[C@@H](O)C(CS(=O)(=O)O)[C@H]21. The van der Waals surface area contributed by atoms with Crippen LogP contribution in [0.3, 0.4) is 0 Å². The Kier molecular flexibility index (Phi) is 5.96. The first-order valence-electron chi connectivity index (χ1n) is 10.1. The number of methoxy groups -OCH3 is 1. The van der Waals surface area contributed by atoms with Crippen LogP contribution < -0.4 is 9.47 Å². The van der Waals surface area contributed by atoms with Crippen LogP contribution in [0.1, 0.15) is 42.4 Å². The monoisotopic (exact) mass is 447 g/mol. The summed E-state index contributed by atoms with van der Waals surface area (Å²) >= 11 is 0. The fourth-order valence-electron chi connectivity index (χ4n) is 4.67. The van der Waals surface area contributed by atoms with Crippen molar-refractivity contribution in [2.24, 2.45) is 10.9 Å². The van der Waals surface area contributed by atoms with Gasteiger partial charge in [-0.15, -0.1) is 0 Å². The predicted molar refractivity (Wildman–Crippen MR) is 114 cm³/mol. The number of aliphatic hydroxyl groups excluding tert-OH is 1. The van der Waals surface area contributed by atoms with Crippen LogP contribution in [0.4, 0.5) is 0 Å². The van der Waals surface area contributed by atoms with E-state index in [0.717, 1.165) is 16.7 Å². The largest absolute Gasteiger partial charge is 0.493 e. The van der Waals surface area contributed by atoms with Crippen molar-refractivity contribution in [3.63, 3.8) is 0 Å². The van der Waals surface area contributed by atoms with Crippen molar-refractivity contribution in [3.05, 3.63) is 47.5 Å². The lowest BCUT2D eigenvalue weighted by Gasteiger charge is -2.43. The van der Waals surface area contributed by atoms with Gasteiger partial charge >= 0.3 is 0 Å². The zero-order chi connectivity index (χ0) is 22.2. The van der Waals surface area contributed by atoms with Crippen LogP contribution in [0.5, 0.6) is 11.5 Å². The Morgan fingerprint density at radius 1 is 1.16 bits per heavy atom. The van der Waals surface area contributed by atoms with E-state index >= 15 is 0 Å². The topological polar surface area (TPSA) is 131 Å². The number of aliphatic imine (C=N–C) groups is 1. The van der Waals surface area contributed by atoms with Crippen LogP contribution in [0.2, 0.25) is 0 Å². The third kappa shape index (κ3) is 4.28. The second-order valence-electron chi connectivity index (χ2n) is 7.78. The molecule has 1 aromatic heterocycles. The number of aliphatic hydroxyl groups is 1. The van der Waals surface area contributed by atoms with Gasteiger partial charge in [-0.3, -0.25) is 9.55 Å². The van der Waals surface area contributed by atoms with Gasteiger partial charge in [0.15, 0.2) is 11.5 Å². The van der Waals surface area contributed by atoms with Gasteiger partial charge in [0.05, 0.1) is 37.3 Å². The van der Waals surface area contributed by atoms with Crippen molar-refractivity contribution in [3.8, 4) is 11.5 Å². The Morgan fingerprint density at radius 2 is 1.90 bits per heavy atom. The van der Waals surface area contributed by atoms with Crippen molar-refractivity contribution in [1.29, 1.82) is 0 Å². The molecule has 1 fully saturated rings. The Hall–Kier alpha value is -2.56. The fraction of sp³-hybridized carbons (Fsp3) is 0.476. The molecule has 1 unspecified atom stereocenters. The van der Waals surface area contributed by atoms with E-state index in [1.54, 1.807) is 19.5 Å². The summed E-state index contributed by atoms with van der Waals surface area (Å²) in [7, 11) is -2.75. The molecule has 1 aliphatic carbocycles. The minimum atomic E-state index is -4.29. The molecule has 166 valence electrons. The summed E-state index contributed by atoms with van der Waals surface area (Å²) in [5.41, 5.74) is 2.95. The van der Waals surface area contributed by atoms with E-state index in [2.05, 4.69) is 9.97 Å². The highest BCUT2D eigenvalue weighted by atomic mass is 32.2. The minimum absolute atomic E-state index is 0.263. The van der Waals surface area contributed by atoms with Gasteiger partial charge in [-0.25, -0.2) is 9.97 Å². The van der Waals surface area contributed by atoms with Crippen molar-refractivity contribution in [2.45, 2.75) is 37.8 Å². The number of nitrogens with zero attached hydrogens (tertiary/aromatic N) is 3. The van der Waals surface area contributed by atoms with Crippen LogP contribution in [0.25, 0.3) is 0 Å². The smallest absolute Gasteiger partial charge is 0.265 e. The maximum absolute atomic E-state index is 11.7. The van der Waals surface area contributed by atoms with Crippen molar-refractivity contribution < 1.29 is 27.6 Å². The van der Waals surface area contributed by atoms with Gasteiger partial charge in [-0.05, 0) is 37.5 Å². The zero-order valence-electron chi connectivity index (χ0n) is 17.3. The van der Waals surface area contributed by atoms with Crippen LogP contribution >= 0.6 is 0 Å². The maximum atomic E-state index is 11.7. The molecular weight excluding hydrogens is 422 g/mol. The predicted octanol–water partition coefficient (Wildman–Crippen LogP) is 1.85. The summed E-state index contributed by atoms with van der Waals surface area (Å²) in [5, 5.41) is 10.7. The number of hydrogen-bond acceptors (Lipinski definition) is 8. The molecular formula is C21H25N3O6S. The van der Waals surface area contributed by atoms with E-state index in [4.69, 9.17) is 14.5 Å². The molecule has 1 saturated carbocycles. The van der Waals surface area contributed by atoms with Gasteiger partial charge in [0, 0.05) is 35.4 Å². The van der Waals surface area contributed by atoms with E-state index in [-0.39, 0.29) is 6.04 Å². The molecule has 31 heavy (non-hydrogen) atoms. The average Bonchev–Trinajstić information content (AvgIpc) is 2.74. The van der Waals surface area contributed by atoms with E-state index in [1.807, 2.05) is 19.1 Å². The second kappa shape index (κ2) is 8.52. The first kappa shape index (κ1) is 21.7. The number of hydrogen-bond donors (Lipinski definition) is 2. The number of ether oxygens (including phenoxy) is 2. The summed E-state index contributed by atoms with van der Waals surface area (Å²) in [6.45, 7) is 2.29. The van der Waals surface area contributed by atoms with Crippen molar-refractivity contribution in [1.82, 2.24) is 9.97 Å². The van der Waals surface area contributed by atoms with Gasteiger partial charge in [-0.2, -0.15) is 8.42 Å². The summed E-state index contributed by atoms with van der Waals surface area (Å²) < 4.78 is 44.3. The van der Waals surface area contributed by atoms with Crippen LogP contribution in [0.15, 0.2) is 35.8 Å². The third-order valence-electron chi connectivity index (χ3n) is 5.91.